The molecular formula is C25H23N3O3S. The number of nitrogens with zero attached hydrogens (tertiary/aromatic N) is 2. The zero-order valence-electron chi connectivity index (χ0n) is 17.5. The van der Waals surface area contributed by atoms with E-state index in [-0.39, 0.29) is 18.4 Å². The number of furan rings is 1. The summed E-state index contributed by atoms with van der Waals surface area (Å²) in [6.45, 7) is 0.837. The van der Waals surface area contributed by atoms with Crippen molar-refractivity contribution in [1.29, 1.82) is 0 Å². The number of nitrogens with one attached hydrogen (secondary N) is 1. The summed E-state index contributed by atoms with van der Waals surface area (Å²) >= 11 is 1.57. The van der Waals surface area contributed by atoms with Gasteiger partial charge in [0.15, 0.2) is 10.8 Å². The van der Waals surface area contributed by atoms with Crippen molar-refractivity contribution in [3.8, 4) is 10.8 Å². The van der Waals surface area contributed by atoms with Crippen LogP contribution in [-0.2, 0) is 16.1 Å². The SMILES string of the molecule is O=C(NCc1ccc(-c2nc3ccccc3s2)o1)C(c1ccccc1)N1CCCCC1=O. The smallest absolute Gasteiger partial charge is 0.247 e. The fourth-order valence-electron chi connectivity index (χ4n) is 4.04. The molecule has 7 heteroatoms. The average molecular weight is 446 g/mol. The number of fused-ring (bicyclic) bond motifs is 1. The Bertz CT molecular complexity index is 1210. The minimum atomic E-state index is -0.636. The van der Waals surface area contributed by atoms with E-state index in [9.17, 15) is 9.59 Å². The molecule has 162 valence electrons. The summed E-state index contributed by atoms with van der Waals surface area (Å²) in [5.41, 5.74) is 1.76. The van der Waals surface area contributed by atoms with Crippen LogP contribution in [0.1, 0.15) is 36.6 Å². The average Bonchev–Trinajstić information content (AvgIpc) is 3.47. The number of hydrogen-bond donors (Lipinski definition) is 1. The second kappa shape index (κ2) is 8.96. The summed E-state index contributed by atoms with van der Waals surface area (Å²) < 4.78 is 7.06. The monoisotopic (exact) mass is 445 g/mol. The van der Waals surface area contributed by atoms with E-state index in [1.165, 1.54) is 0 Å². The van der Waals surface area contributed by atoms with E-state index in [4.69, 9.17) is 4.42 Å². The Labute approximate surface area is 189 Å². The molecule has 1 fully saturated rings. The molecule has 2 amide bonds. The molecule has 32 heavy (non-hydrogen) atoms. The molecule has 1 aliphatic heterocycles. The van der Waals surface area contributed by atoms with Crippen molar-refractivity contribution in [3.63, 3.8) is 0 Å². The Morgan fingerprint density at radius 1 is 1.06 bits per heavy atom. The van der Waals surface area contributed by atoms with Crippen LogP contribution >= 0.6 is 11.3 Å². The second-order valence-electron chi connectivity index (χ2n) is 7.83. The van der Waals surface area contributed by atoms with Gasteiger partial charge in [-0.3, -0.25) is 9.59 Å². The lowest BCUT2D eigenvalue weighted by molar-refractivity contribution is -0.142. The van der Waals surface area contributed by atoms with Gasteiger partial charge in [-0.2, -0.15) is 0 Å². The van der Waals surface area contributed by atoms with Crippen molar-refractivity contribution in [1.82, 2.24) is 15.2 Å². The van der Waals surface area contributed by atoms with Crippen LogP contribution in [0.15, 0.2) is 71.1 Å². The van der Waals surface area contributed by atoms with Crippen LogP contribution in [0.3, 0.4) is 0 Å². The van der Waals surface area contributed by atoms with Gasteiger partial charge in [-0.25, -0.2) is 4.98 Å². The number of aromatic nitrogens is 1. The van der Waals surface area contributed by atoms with Gasteiger partial charge in [0.05, 0.1) is 16.8 Å². The summed E-state index contributed by atoms with van der Waals surface area (Å²) in [7, 11) is 0. The molecule has 1 N–H and O–H groups in total. The predicted molar refractivity (Wildman–Crippen MR) is 124 cm³/mol. The number of thiazole rings is 1. The van der Waals surface area contributed by atoms with E-state index >= 15 is 0 Å². The predicted octanol–water partition coefficient (Wildman–Crippen LogP) is 4.93. The Morgan fingerprint density at radius 3 is 2.69 bits per heavy atom. The minimum Gasteiger partial charge on any atom is -0.457 e. The van der Waals surface area contributed by atoms with Crippen molar-refractivity contribution >= 4 is 33.4 Å². The van der Waals surface area contributed by atoms with Crippen molar-refractivity contribution in [2.45, 2.75) is 31.8 Å². The van der Waals surface area contributed by atoms with Crippen LogP contribution in [-0.4, -0.2) is 28.2 Å². The van der Waals surface area contributed by atoms with Gasteiger partial charge in [0.2, 0.25) is 11.8 Å². The zero-order chi connectivity index (χ0) is 21.9. The molecule has 1 aliphatic rings. The van der Waals surface area contributed by atoms with Crippen LogP contribution in [0.2, 0.25) is 0 Å². The summed E-state index contributed by atoms with van der Waals surface area (Å²) in [6, 6.07) is 20.5. The molecule has 2 aromatic heterocycles. The molecule has 5 rings (SSSR count). The third-order valence-corrected chi connectivity index (χ3v) is 6.69. The van der Waals surface area contributed by atoms with E-state index in [0.717, 1.165) is 33.6 Å². The molecule has 0 bridgehead atoms. The molecule has 0 saturated carbocycles. The van der Waals surface area contributed by atoms with E-state index < -0.39 is 6.04 Å². The van der Waals surface area contributed by atoms with Crippen LogP contribution in [0.5, 0.6) is 0 Å². The highest BCUT2D eigenvalue weighted by atomic mass is 32.1. The highest BCUT2D eigenvalue weighted by Crippen LogP contribution is 2.31. The van der Waals surface area contributed by atoms with Crippen LogP contribution in [0.25, 0.3) is 21.0 Å². The van der Waals surface area contributed by atoms with Crippen molar-refractivity contribution in [3.05, 3.63) is 78.1 Å². The van der Waals surface area contributed by atoms with Crippen LogP contribution in [0, 0.1) is 0 Å². The maximum absolute atomic E-state index is 13.2. The quantitative estimate of drug-likeness (QED) is 0.457. The topological polar surface area (TPSA) is 75.4 Å². The van der Waals surface area contributed by atoms with E-state index in [1.54, 1.807) is 16.2 Å². The molecule has 0 radical (unpaired) electrons. The van der Waals surface area contributed by atoms with Gasteiger partial charge in [-0.15, -0.1) is 11.3 Å². The van der Waals surface area contributed by atoms with Gasteiger partial charge < -0.3 is 14.6 Å². The fraction of sp³-hybridized carbons (Fsp3) is 0.240. The standard InChI is InChI=1S/C25H23N3O3S/c29-22-12-6-7-15-28(22)23(17-8-2-1-3-9-17)24(30)26-16-18-13-14-20(31-18)25-27-19-10-4-5-11-21(19)32-25/h1-5,8-11,13-14,23H,6-7,12,15-16H2,(H,26,30). The third-order valence-electron chi connectivity index (χ3n) is 5.64. The number of piperidine rings is 1. The molecule has 0 spiro atoms. The number of likely N-dealkylation sites (tertiary alicyclic amines) is 1. The van der Waals surface area contributed by atoms with Gasteiger partial charge in [0, 0.05) is 13.0 Å². The summed E-state index contributed by atoms with van der Waals surface area (Å²) in [5.74, 6) is 1.14. The first kappa shape index (κ1) is 20.5. The number of hydrogen-bond acceptors (Lipinski definition) is 5. The summed E-state index contributed by atoms with van der Waals surface area (Å²) in [5, 5.41) is 3.77. The number of para-hydroxylation sites is 1. The number of benzene rings is 2. The number of carbonyl (C=O) groups excluding carboxylic acids is 2. The van der Waals surface area contributed by atoms with Gasteiger partial charge >= 0.3 is 0 Å². The minimum absolute atomic E-state index is 0.0244. The van der Waals surface area contributed by atoms with Crippen LogP contribution in [0.4, 0.5) is 0 Å². The van der Waals surface area contributed by atoms with E-state index in [1.807, 2.05) is 66.7 Å². The molecule has 0 aliphatic carbocycles. The molecule has 1 atom stereocenters. The molecule has 4 aromatic rings. The Morgan fingerprint density at radius 2 is 1.88 bits per heavy atom. The van der Waals surface area contributed by atoms with Crippen molar-refractivity contribution in [2.75, 3.05) is 6.54 Å². The van der Waals surface area contributed by atoms with Crippen LogP contribution < -0.4 is 5.32 Å². The van der Waals surface area contributed by atoms with Gasteiger partial charge in [0.1, 0.15) is 11.8 Å². The molecule has 3 heterocycles. The van der Waals surface area contributed by atoms with Crippen molar-refractivity contribution < 1.29 is 14.0 Å². The molecule has 6 nitrogen and oxygen atoms in total. The lowest BCUT2D eigenvalue weighted by atomic mass is 10.0. The largest absolute Gasteiger partial charge is 0.457 e. The normalized spacial score (nSPS) is 15.1. The number of carbonyl (C=O) groups is 2. The van der Waals surface area contributed by atoms with Gasteiger partial charge in [0.25, 0.3) is 0 Å². The Hall–Kier alpha value is -3.45. The molecule has 1 saturated heterocycles. The van der Waals surface area contributed by atoms with E-state index in [2.05, 4.69) is 10.3 Å². The first-order valence-electron chi connectivity index (χ1n) is 10.8. The summed E-state index contributed by atoms with van der Waals surface area (Å²) in [6.07, 6.45) is 2.27. The lowest BCUT2D eigenvalue weighted by Crippen LogP contribution is -2.45. The first-order chi connectivity index (χ1) is 15.7. The van der Waals surface area contributed by atoms with Gasteiger partial charge in [-0.1, -0.05) is 42.5 Å². The maximum Gasteiger partial charge on any atom is 0.247 e. The molecule has 2 aromatic carbocycles. The summed E-state index contributed by atoms with van der Waals surface area (Å²) in [4.78, 5) is 32.1. The van der Waals surface area contributed by atoms with Crippen molar-refractivity contribution in [2.24, 2.45) is 0 Å². The zero-order valence-corrected chi connectivity index (χ0v) is 18.3. The highest BCUT2D eigenvalue weighted by Gasteiger charge is 2.32. The van der Waals surface area contributed by atoms with Gasteiger partial charge in [-0.05, 0) is 42.7 Å². The second-order valence-corrected chi connectivity index (χ2v) is 8.86. The number of rotatable bonds is 6. The number of amides is 2. The Balaban J connectivity index is 1.32. The maximum atomic E-state index is 13.2. The molecular weight excluding hydrogens is 422 g/mol. The van der Waals surface area contributed by atoms with E-state index in [0.29, 0.717) is 24.5 Å². The fourth-order valence-corrected chi connectivity index (χ4v) is 4.97. The third kappa shape index (κ3) is 4.16. The Kier molecular flexibility index (Phi) is 5.73. The lowest BCUT2D eigenvalue weighted by Gasteiger charge is -2.34. The molecule has 1 unspecified atom stereocenters. The first-order valence-corrected chi connectivity index (χ1v) is 11.6. The highest BCUT2D eigenvalue weighted by molar-refractivity contribution is 7.21.